The summed E-state index contributed by atoms with van der Waals surface area (Å²) in [4.78, 5) is 4.09. The molecule has 0 aliphatic heterocycles. The Balaban J connectivity index is 2.67. The third kappa shape index (κ3) is 1.58. The molecule has 2 rings (SSSR count). The monoisotopic (exact) mass is 203 g/mol. The molecule has 80 valence electrons. The van der Waals surface area contributed by atoms with E-state index in [9.17, 15) is 0 Å². The van der Waals surface area contributed by atoms with Crippen LogP contribution in [0.15, 0.2) is 24.5 Å². The summed E-state index contributed by atoms with van der Waals surface area (Å²) in [7, 11) is 0. The molecular weight excluding hydrogens is 186 g/mol. The molecule has 3 heteroatoms. The Morgan fingerprint density at radius 2 is 2.20 bits per heavy atom. The molecule has 2 N–H and O–H groups in total. The van der Waals surface area contributed by atoms with Crippen molar-refractivity contribution in [3.63, 3.8) is 0 Å². The highest BCUT2D eigenvalue weighted by atomic mass is 15.0. The number of rotatable bonds is 2. The van der Waals surface area contributed by atoms with Crippen molar-refractivity contribution in [2.75, 3.05) is 5.73 Å². The lowest BCUT2D eigenvalue weighted by Crippen LogP contribution is -2.24. The third-order valence-corrected chi connectivity index (χ3v) is 3.11. The van der Waals surface area contributed by atoms with Gasteiger partial charge in [-0.2, -0.15) is 0 Å². The number of nitrogens with two attached hydrogens (primary N) is 1. The van der Waals surface area contributed by atoms with E-state index in [1.165, 1.54) is 0 Å². The van der Waals surface area contributed by atoms with E-state index in [2.05, 4.69) is 42.6 Å². The fourth-order valence-electron chi connectivity index (χ4n) is 1.74. The van der Waals surface area contributed by atoms with Crippen LogP contribution in [-0.2, 0) is 5.54 Å². The second-order valence-electron chi connectivity index (χ2n) is 4.52. The topological polar surface area (TPSA) is 43.8 Å². The van der Waals surface area contributed by atoms with E-state index in [0.29, 0.717) is 5.82 Å². The smallest absolute Gasteiger partial charge is 0.125 e. The summed E-state index contributed by atoms with van der Waals surface area (Å²) in [5.41, 5.74) is 6.99. The van der Waals surface area contributed by atoms with Crippen molar-refractivity contribution in [1.82, 2.24) is 9.55 Å². The Morgan fingerprint density at radius 1 is 1.47 bits per heavy atom. The fourth-order valence-corrected chi connectivity index (χ4v) is 1.74. The first-order valence-corrected chi connectivity index (χ1v) is 5.27. The summed E-state index contributed by atoms with van der Waals surface area (Å²) in [5.74, 6) is 0.578. The Labute approximate surface area is 89.9 Å². The quantitative estimate of drug-likeness (QED) is 0.815. The number of aromatic nitrogens is 2. The van der Waals surface area contributed by atoms with E-state index in [1.54, 1.807) is 0 Å². The second kappa shape index (κ2) is 3.26. The van der Waals surface area contributed by atoms with Gasteiger partial charge in [-0.3, -0.25) is 0 Å². The minimum absolute atomic E-state index is 0.121. The molecule has 0 radical (unpaired) electrons. The van der Waals surface area contributed by atoms with Gasteiger partial charge in [0.25, 0.3) is 0 Å². The molecular formula is C12H17N3. The molecule has 0 spiro atoms. The van der Waals surface area contributed by atoms with Crippen LogP contribution in [0.2, 0.25) is 0 Å². The SMILES string of the molecule is CCC(C)(C)n1ccc2cnc(N)cc21. The van der Waals surface area contributed by atoms with Crippen molar-refractivity contribution in [3.05, 3.63) is 24.5 Å². The highest BCUT2D eigenvalue weighted by Gasteiger charge is 2.18. The maximum Gasteiger partial charge on any atom is 0.125 e. The van der Waals surface area contributed by atoms with Gasteiger partial charge in [0.15, 0.2) is 0 Å². The van der Waals surface area contributed by atoms with Crippen LogP contribution in [0.3, 0.4) is 0 Å². The summed E-state index contributed by atoms with van der Waals surface area (Å²) in [6.45, 7) is 6.64. The summed E-state index contributed by atoms with van der Waals surface area (Å²) in [6.07, 6.45) is 5.02. The zero-order valence-corrected chi connectivity index (χ0v) is 9.49. The molecule has 0 atom stereocenters. The van der Waals surface area contributed by atoms with Gasteiger partial charge in [-0.25, -0.2) is 4.98 Å². The Kier molecular flexibility index (Phi) is 2.18. The van der Waals surface area contributed by atoms with Crippen molar-refractivity contribution in [3.8, 4) is 0 Å². The number of hydrogen-bond acceptors (Lipinski definition) is 2. The number of nitrogen functional groups attached to an aromatic ring is 1. The Hall–Kier alpha value is -1.51. The predicted octanol–water partition coefficient (Wildman–Crippen LogP) is 2.76. The minimum atomic E-state index is 0.121. The zero-order chi connectivity index (χ0) is 11.1. The average Bonchev–Trinajstić information content (AvgIpc) is 2.61. The van der Waals surface area contributed by atoms with E-state index >= 15 is 0 Å². The van der Waals surface area contributed by atoms with Crippen molar-refractivity contribution in [2.24, 2.45) is 0 Å². The summed E-state index contributed by atoms with van der Waals surface area (Å²) < 4.78 is 2.26. The number of nitrogens with zero attached hydrogens (tertiary/aromatic N) is 2. The van der Waals surface area contributed by atoms with Gasteiger partial charge < -0.3 is 10.3 Å². The van der Waals surface area contributed by atoms with E-state index in [1.807, 2.05) is 12.3 Å². The number of pyridine rings is 1. The van der Waals surface area contributed by atoms with Crippen LogP contribution in [0.4, 0.5) is 5.82 Å². The second-order valence-corrected chi connectivity index (χ2v) is 4.52. The van der Waals surface area contributed by atoms with Crippen LogP contribution in [-0.4, -0.2) is 9.55 Å². The lowest BCUT2D eigenvalue weighted by atomic mass is 10.0. The zero-order valence-electron chi connectivity index (χ0n) is 9.49. The average molecular weight is 203 g/mol. The normalized spacial score (nSPS) is 12.2. The summed E-state index contributed by atoms with van der Waals surface area (Å²) in [5, 5.41) is 1.14. The fraction of sp³-hybridized carbons (Fsp3) is 0.417. The first-order chi connectivity index (χ1) is 7.04. The van der Waals surface area contributed by atoms with Gasteiger partial charge >= 0.3 is 0 Å². The predicted molar refractivity (Wildman–Crippen MR) is 63.8 cm³/mol. The molecule has 0 aliphatic carbocycles. The summed E-state index contributed by atoms with van der Waals surface area (Å²) >= 11 is 0. The third-order valence-electron chi connectivity index (χ3n) is 3.11. The van der Waals surface area contributed by atoms with E-state index in [0.717, 1.165) is 17.3 Å². The van der Waals surface area contributed by atoms with Crippen molar-refractivity contribution in [2.45, 2.75) is 32.7 Å². The van der Waals surface area contributed by atoms with Crippen molar-refractivity contribution >= 4 is 16.7 Å². The maximum absolute atomic E-state index is 5.71. The molecule has 15 heavy (non-hydrogen) atoms. The van der Waals surface area contributed by atoms with Crippen LogP contribution >= 0.6 is 0 Å². The molecule has 3 nitrogen and oxygen atoms in total. The van der Waals surface area contributed by atoms with Gasteiger partial charge in [-0.1, -0.05) is 6.92 Å². The van der Waals surface area contributed by atoms with Gasteiger partial charge in [0.05, 0.1) is 5.52 Å². The van der Waals surface area contributed by atoms with E-state index in [-0.39, 0.29) is 5.54 Å². The van der Waals surface area contributed by atoms with E-state index < -0.39 is 0 Å². The van der Waals surface area contributed by atoms with Crippen molar-refractivity contribution < 1.29 is 0 Å². The van der Waals surface area contributed by atoms with Crippen molar-refractivity contribution in [1.29, 1.82) is 0 Å². The number of fused-ring (bicyclic) bond motifs is 1. The maximum atomic E-state index is 5.71. The van der Waals surface area contributed by atoms with E-state index in [4.69, 9.17) is 5.73 Å². The van der Waals surface area contributed by atoms with Crippen LogP contribution in [0, 0.1) is 0 Å². The molecule has 2 heterocycles. The standard InChI is InChI=1S/C12H17N3/c1-4-12(2,3)15-6-5-9-8-14-11(13)7-10(9)15/h5-8H,4H2,1-3H3,(H2,13,14). The lowest BCUT2D eigenvalue weighted by Gasteiger charge is -2.26. The molecule has 0 unspecified atom stereocenters. The summed E-state index contributed by atoms with van der Waals surface area (Å²) in [6, 6.07) is 4.02. The molecule has 0 saturated heterocycles. The molecule has 0 aromatic carbocycles. The van der Waals surface area contributed by atoms with Crippen LogP contribution in [0.5, 0.6) is 0 Å². The molecule has 0 bridgehead atoms. The largest absolute Gasteiger partial charge is 0.384 e. The highest BCUT2D eigenvalue weighted by molar-refractivity contribution is 5.81. The minimum Gasteiger partial charge on any atom is -0.384 e. The van der Waals surface area contributed by atoms with Crippen LogP contribution in [0.25, 0.3) is 10.9 Å². The highest BCUT2D eigenvalue weighted by Crippen LogP contribution is 2.26. The number of anilines is 1. The van der Waals surface area contributed by atoms with Gasteiger partial charge in [0, 0.05) is 29.4 Å². The van der Waals surface area contributed by atoms with Crippen LogP contribution in [0.1, 0.15) is 27.2 Å². The molecule has 0 saturated carbocycles. The van der Waals surface area contributed by atoms with Gasteiger partial charge in [-0.05, 0) is 26.3 Å². The lowest BCUT2D eigenvalue weighted by molar-refractivity contribution is 0.354. The molecule has 0 amide bonds. The Morgan fingerprint density at radius 3 is 2.87 bits per heavy atom. The number of hydrogen-bond donors (Lipinski definition) is 1. The van der Waals surface area contributed by atoms with Gasteiger partial charge in [0.1, 0.15) is 5.82 Å². The molecule has 2 aromatic heterocycles. The first-order valence-electron chi connectivity index (χ1n) is 5.27. The van der Waals surface area contributed by atoms with Gasteiger partial charge in [0.2, 0.25) is 0 Å². The first kappa shape index (κ1) is 10.0. The molecule has 2 aromatic rings. The van der Waals surface area contributed by atoms with Crippen LogP contribution < -0.4 is 5.73 Å². The Bertz CT molecular complexity index is 483. The molecule has 0 fully saturated rings. The molecule has 0 aliphatic rings. The van der Waals surface area contributed by atoms with Gasteiger partial charge in [-0.15, -0.1) is 0 Å².